The van der Waals surface area contributed by atoms with Crippen molar-refractivity contribution in [2.45, 2.75) is 58.2 Å². The predicted molar refractivity (Wildman–Crippen MR) is 85.4 cm³/mol. The van der Waals surface area contributed by atoms with E-state index >= 15 is 0 Å². The van der Waals surface area contributed by atoms with Crippen LogP contribution in [-0.4, -0.2) is 20.9 Å². The van der Waals surface area contributed by atoms with Gasteiger partial charge >= 0.3 is 0 Å². The Hall–Kier alpha value is -1.55. The summed E-state index contributed by atoms with van der Waals surface area (Å²) in [5.74, 6) is 0. The molecule has 4 heteroatoms. The summed E-state index contributed by atoms with van der Waals surface area (Å²) in [6.07, 6.45) is 11.8. The molecule has 1 N–H and O–H groups in total. The number of rotatable bonds is 6. The van der Waals surface area contributed by atoms with Gasteiger partial charge in [-0.1, -0.05) is 19.8 Å². The van der Waals surface area contributed by atoms with Gasteiger partial charge in [-0.05, 0) is 44.0 Å². The van der Waals surface area contributed by atoms with E-state index in [2.05, 4.69) is 59.1 Å². The van der Waals surface area contributed by atoms with E-state index in [0.29, 0.717) is 12.1 Å². The number of nitrogens with zero attached hydrogens (tertiary/aromatic N) is 3. The fraction of sp³-hybridized carbons (Fsp3) is 0.588. The normalized spacial score (nSPS) is 17.4. The van der Waals surface area contributed by atoms with Crippen molar-refractivity contribution in [1.29, 1.82) is 0 Å². The average molecular weight is 286 g/mol. The van der Waals surface area contributed by atoms with Gasteiger partial charge in [0.05, 0.1) is 18.3 Å². The molecule has 1 aliphatic carbocycles. The lowest BCUT2D eigenvalue weighted by Crippen LogP contribution is -2.17. The minimum absolute atomic E-state index is 0.410. The summed E-state index contributed by atoms with van der Waals surface area (Å²) >= 11 is 0. The van der Waals surface area contributed by atoms with Crippen LogP contribution in [0, 0.1) is 0 Å². The van der Waals surface area contributed by atoms with Crippen LogP contribution in [0.25, 0.3) is 0 Å². The Morgan fingerprint density at radius 2 is 2.10 bits per heavy atom. The predicted octanol–water partition coefficient (Wildman–Crippen LogP) is 3.52. The van der Waals surface area contributed by atoms with Gasteiger partial charge < -0.3 is 9.88 Å². The maximum atomic E-state index is 4.76. The quantitative estimate of drug-likeness (QED) is 0.881. The Balaban J connectivity index is 1.63. The summed E-state index contributed by atoms with van der Waals surface area (Å²) in [6.45, 7) is 6.21. The van der Waals surface area contributed by atoms with Crippen LogP contribution in [0.4, 0.5) is 0 Å². The molecule has 0 spiro atoms. The van der Waals surface area contributed by atoms with Crippen molar-refractivity contribution in [1.82, 2.24) is 19.7 Å². The molecule has 0 aromatic carbocycles. The maximum Gasteiger partial charge on any atom is 0.0821 e. The Morgan fingerprint density at radius 3 is 2.86 bits per heavy atom. The van der Waals surface area contributed by atoms with E-state index in [1.165, 1.54) is 31.2 Å². The van der Waals surface area contributed by atoms with Crippen LogP contribution in [0.5, 0.6) is 0 Å². The molecule has 0 radical (unpaired) electrons. The van der Waals surface area contributed by atoms with Crippen molar-refractivity contribution in [3.8, 4) is 0 Å². The van der Waals surface area contributed by atoms with Crippen molar-refractivity contribution in [3.05, 3.63) is 42.0 Å². The first-order chi connectivity index (χ1) is 10.3. The second-order valence-electron chi connectivity index (χ2n) is 6.12. The van der Waals surface area contributed by atoms with Gasteiger partial charge in [-0.2, -0.15) is 5.10 Å². The maximum absolute atomic E-state index is 4.76. The monoisotopic (exact) mass is 286 g/mol. The lowest BCUT2D eigenvalue weighted by atomic mass is 10.2. The van der Waals surface area contributed by atoms with Crippen LogP contribution < -0.4 is 5.32 Å². The van der Waals surface area contributed by atoms with E-state index in [0.717, 1.165) is 18.8 Å². The zero-order valence-electron chi connectivity index (χ0n) is 13.1. The second-order valence-corrected chi connectivity index (χ2v) is 6.12. The number of hydrogen-bond acceptors (Lipinski definition) is 2. The van der Waals surface area contributed by atoms with Gasteiger partial charge in [-0.25, -0.2) is 0 Å². The van der Waals surface area contributed by atoms with E-state index in [1.807, 2.05) is 0 Å². The first-order valence-corrected chi connectivity index (χ1v) is 8.19. The standard InChI is InChI=1S/C17H26N4/c1-3-18-14(2)15-8-10-20(12-15)13-16-9-11-21(19-16)17-6-4-5-7-17/h8-12,14,17-18H,3-7,13H2,1-2H3. The summed E-state index contributed by atoms with van der Waals surface area (Å²) in [5.41, 5.74) is 2.49. The molecule has 1 fully saturated rings. The van der Waals surface area contributed by atoms with Gasteiger partial charge in [0.15, 0.2) is 0 Å². The Kier molecular flexibility index (Phi) is 4.44. The van der Waals surface area contributed by atoms with Crippen LogP contribution in [0.3, 0.4) is 0 Å². The molecule has 1 atom stereocenters. The third-order valence-corrected chi connectivity index (χ3v) is 4.49. The van der Waals surface area contributed by atoms with E-state index < -0.39 is 0 Å². The molecule has 4 nitrogen and oxygen atoms in total. The molecule has 21 heavy (non-hydrogen) atoms. The van der Waals surface area contributed by atoms with E-state index in [-0.39, 0.29) is 0 Å². The highest BCUT2D eigenvalue weighted by Gasteiger charge is 2.17. The van der Waals surface area contributed by atoms with Crippen LogP contribution in [-0.2, 0) is 6.54 Å². The summed E-state index contributed by atoms with van der Waals surface area (Å²) in [4.78, 5) is 0. The summed E-state index contributed by atoms with van der Waals surface area (Å²) in [7, 11) is 0. The summed E-state index contributed by atoms with van der Waals surface area (Å²) in [5, 5.41) is 8.21. The van der Waals surface area contributed by atoms with Gasteiger partial charge in [0.25, 0.3) is 0 Å². The molecule has 3 rings (SSSR count). The topological polar surface area (TPSA) is 34.8 Å². The lowest BCUT2D eigenvalue weighted by Gasteiger charge is -2.10. The molecular weight excluding hydrogens is 260 g/mol. The van der Waals surface area contributed by atoms with E-state index in [9.17, 15) is 0 Å². The molecule has 2 heterocycles. The Labute approximate surface area is 127 Å². The van der Waals surface area contributed by atoms with Crippen LogP contribution in [0.1, 0.15) is 62.9 Å². The molecule has 1 unspecified atom stereocenters. The van der Waals surface area contributed by atoms with E-state index in [1.54, 1.807) is 0 Å². The van der Waals surface area contributed by atoms with Crippen molar-refractivity contribution < 1.29 is 0 Å². The molecule has 0 amide bonds. The van der Waals surface area contributed by atoms with Crippen LogP contribution in [0.15, 0.2) is 30.7 Å². The molecule has 114 valence electrons. The van der Waals surface area contributed by atoms with Crippen molar-refractivity contribution in [2.75, 3.05) is 6.54 Å². The Morgan fingerprint density at radius 1 is 1.29 bits per heavy atom. The van der Waals surface area contributed by atoms with Gasteiger partial charge in [-0.3, -0.25) is 4.68 Å². The lowest BCUT2D eigenvalue weighted by molar-refractivity contribution is 0.461. The fourth-order valence-corrected chi connectivity index (χ4v) is 3.26. The second kappa shape index (κ2) is 6.48. The summed E-state index contributed by atoms with van der Waals surface area (Å²) < 4.78 is 4.40. The van der Waals surface area contributed by atoms with Gasteiger partial charge in [0.2, 0.25) is 0 Å². The third-order valence-electron chi connectivity index (χ3n) is 4.49. The fourth-order valence-electron chi connectivity index (χ4n) is 3.26. The smallest absolute Gasteiger partial charge is 0.0821 e. The minimum atomic E-state index is 0.410. The molecule has 1 aliphatic rings. The van der Waals surface area contributed by atoms with Crippen molar-refractivity contribution in [3.63, 3.8) is 0 Å². The molecular formula is C17H26N4. The van der Waals surface area contributed by atoms with Crippen molar-refractivity contribution >= 4 is 0 Å². The molecule has 1 saturated carbocycles. The highest BCUT2D eigenvalue weighted by molar-refractivity contribution is 5.16. The number of hydrogen-bond donors (Lipinski definition) is 1. The number of nitrogens with one attached hydrogen (secondary N) is 1. The molecule has 0 aliphatic heterocycles. The largest absolute Gasteiger partial charge is 0.348 e. The number of aromatic nitrogens is 3. The highest BCUT2D eigenvalue weighted by Crippen LogP contribution is 2.28. The molecule has 2 aromatic rings. The summed E-state index contributed by atoms with van der Waals surface area (Å²) in [6, 6.07) is 5.40. The first-order valence-electron chi connectivity index (χ1n) is 8.19. The molecule has 0 saturated heterocycles. The van der Waals surface area contributed by atoms with Crippen molar-refractivity contribution in [2.24, 2.45) is 0 Å². The van der Waals surface area contributed by atoms with Gasteiger partial charge in [-0.15, -0.1) is 0 Å². The third kappa shape index (κ3) is 3.38. The van der Waals surface area contributed by atoms with Gasteiger partial charge in [0.1, 0.15) is 0 Å². The molecule has 2 aromatic heterocycles. The SMILES string of the molecule is CCNC(C)c1ccn(Cc2ccn(C3CCCC3)n2)c1. The van der Waals surface area contributed by atoms with Crippen LogP contribution >= 0.6 is 0 Å². The minimum Gasteiger partial charge on any atom is -0.348 e. The van der Waals surface area contributed by atoms with Gasteiger partial charge in [0, 0.05) is 24.6 Å². The first kappa shape index (κ1) is 14.4. The highest BCUT2D eigenvalue weighted by atomic mass is 15.3. The average Bonchev–Trinajstić information content (AvgIpc) is 3.20. The Bertz CT molecular complexity index is 563. The molecule has 0 bridgehead atoms. The van der Waals surface area contributed by atoms with Crippen LogP contribution in [0.2, 0.25) is 0 Å². The van der Waals surface area contributed by atoms with E-state index in [4.69, 9.17) is 5.10 Å². The zero-order valence-corrected chi connectivity index (χ0v) is 13.1. The zero-order chi connectivity index (χ0) is 14.7.